The van der Waals surface area contributed by atoms with Crippen LogP contribution in [0.15, 0.2) is 41.3 Å². The van der Waals surface area contributed by atoms with Crippen molar-refractivity contribution in [2.24, 2.45) is 5.92 Å². The highest BCUT2D eigenvalue weighted by molar-refractivity contribution is 7.80. The van der Waals surface area contributed by atoms with Gasteiger partial charge in [0.2, 0.25) is 0 Å². The number of thiol groups is 1. The van der Waals surface area contributed by atoms with Crippen LogP contribution in [0.25, 0.3) is 5.57 Å². The Morgan fingerprint density at radius 1 is 1.22 bits per heavy atom. The molecule has 0 radical (unpaired) electrons. The van der Waals surface area contributed by atoms with Gasteiger partial charge in [-0.15, -0.1) is 12.6 Å². The van der Waals surface area contributed by atoms with Crippen molar-refractivity contribution in [1.29, 1.82) is 0 Å². The first-order valence-corrected chi connectivity index (χ1v) is 7.05. The topological polar surface area (TPSA) is 0 Å². The Hall–Kier alpha value is -0.950. The van der Waals surface area contributed by atoms with Crippen LogP contribution in [-0.2, 0) is 5.41 Å². The van der Waals surface area contributed by atoms with Crippen LogP contribution in [0.2, 0.25) is 0 Å². The molecule has 0 bridgehead atoms. The van der Waals surface area contributed by atoms with Crippen molar-refractivity contribution in [2.75, 3.05) is 0 Å². The van der Waals surface area contributed by atoms with Crippen LogP contribution in [0, 0.1) is 5.92 Å². The van der Waals surface area contributed by atoms with E-state index in [-0.39, 0.29) is 5.41 Å². The van der Waals surface area contributed by atoms with Crippen molar-refractivity contribution >= 4 is 18.2 Å². The van der Waals surface area contributed by atoms with Crippen molar-refractivity contribution in [3.8, 4) is 0 Å². The minimum Gasteiger partial charge on any atom is -0.143 e. The normalized spacial score (nSPS) is 19.8. The van der Waals surface area contributed by atoms with Crippen LogP contribution in [0.1, 0.15) is 45.2 Å². The monoisotopic (exact) mass is 258 g/mol. The number of benzene rings is 1. The molecule has 0 saturated carbocycles. The van der Waals surface area contributed by atoms with E-state index in [1.165, 1.54) is 16.7 Å². The van der Waals surface area contributed by atoms with Crippen LogP contribution in [0.3, 0.4) is 0 Å². The summed E-state index contributed by atoms with van der Waals surface area (Å²) in [5, 5.41) is 0. The zero-order chi connectivity index (χ0) is 13.3. The summed E-state index contributed by atoms with van der Waals surface area (Å²) in [7, 11) is 0. The molecule has 0 spiro atoms. The van der Waals surface area contributed by atoms with E-state index in [9.17, 15) is 0 Å². The molecule has 2 rings (SSSR count). The minimum atomic E-state index is 0.154. The maximum absolute atomic E-state index is 4.65. The van der Waals surface area contributed by atoms with Gasteiger partial charge in [0.05, 0.1) is 0 Å². The van der Waals surface area contributed by atoms with E-state index in [0.29, 0.717) is 5.92 Å². The zero-order valence-electron chi connectivity index (χ0n) is 11.7. The molecular weight excluding hydrogens is 236 g/mol. The third kappa shape index (κ3) is 2.89. The summed E-state index contributed by atoms with van der Waals surface area (Å²) in [5.74, 6) is 0.665. The highest BCUT2D eigenvalue weighted by Crippen LogP contribution is 2.32. The van der Waals surface area contributed by atoms with Gasteiger partial charge in [0.1, 0.15) is 0 Å². The number of hydrogen-bond donors (Lipinski definition) is 1. The van der Waals surface area contributed by atoms with Crippen molar-refractivity contribution in [2.45, 2.75) is 44.4 Å². The second-order valence-corrected chi connectivity index (χ2v) is 6.70. The van der Waals surface area contributed by atoms with Gasteiger partial charge in [-0.1, -0.05) is 58.1 Å². The van der Waals surface area contributed by atoms with Crippen molar-refractivity contribution in [3.05, 3.63) is 47.6 Å². The molecule has 0 saturated heterocycles. The van der Waals surface area contributed by atoms with Gasteiger partial charge in [-0.25, -0.2) is 0 Å². The molecule has 1 atom stereocenters. The predicted octanol–water partition coefficient (Wildman–Crippen LogP) is 5.25. The summed E-state index contributed by atoms with van der Waals surface area (Å²) in [6, 6.07) is 6.62. The van der Waals surface area contributed by atoms with Gasteiger partial charge in [-0.3, -0.25) is 0 Å². The fraction of sp³-hybridized carbons (Fsp3) is 0.412. The highest BCUT2D eigenvalue weighted by atomic mass is 32.1. The largest absolute Gasteiger partial charge is 0.143 e. The summed E-state index contributed by atoms with van der Waals surface area (Å²) in [6.45, 7) is 8.92. The standard InChI is InChI=1S/C17H22S/c1-12-5-7-13(8-6-12)14-9-10-15(16(18)11-14)17(2,3)4/h5,7-12,18H,6H2,1-4H3. The van der Waals surface area contributed by atoms with Crippen LogP contribution in [-0.4, -0.2) is 0 Å². The summed E-state index contributed by atoms with van der Waals surface area (Å²) in [5.41, 5.74) is 4.06. The molecular formula is C17H22S. The van der Waals surface area contributed by atoms with Crippen molar-refractivity contribution in [3.63, 3.8) is 0 Å². The maximum Gasteiger partial charge on any atom is 0.00835 e. The molecule has 18 heavy (non-hydrogen) atoms. The van der Waals surface area contributed by atoms with Gasteiger partial charge in [0, 0.05) is 4.90 Å². The molecule has 1 aromatic carbocycles. The van der Waals surface area contributed by atoms with E-state index in [4.69, 9.17) is 0 Å². The lowest BCUT2D eigenvalue weighted by Gasteiger charge is -2.22. The second kappa shape index (κ2) is 4.97. The Bertz CT molecular complexity index is 501. The van der Waals surface area contributed by atoms with E-state index in [0.717, 1.165) is 11.3 Å². The summed E-state index contributed by atoms with van der Waals surface area (Å²) in [4.78, 5) is 1.09. The lowest BCUT2D eigenvalue weighted by molar-refractivity contribution is 0.578. The molecule has 1 unspecified atom stereocenters. The van der Waals surface area contributed by atoms with Crippen LogP contribution in [0.5, 0.6) is 0 Å². The Kier molecular flexibility index (Phi) is 3.72. The van der Waals surface area contributed by atoms with Crippen molar-refractivity contribution < 1.29 is 0 Å². The van der Waals surface area contributed by atoms with Gasteiger partial charge in [0.15, 0.2) is 0 Å². The third-order valence-corrected chi connectivity index (χ3v) is 3.82. The van der Waals surface area contributed by atoms with Crippen LogP contribution < -0.4 is 0 Å². The molecule has 1 aliphatic rings. The lowest BCUT2D eigenvalue weighted by Crippen LogP contribution is -2.12. The lowest BCUT2D eigenvalue weighted by atomic mass is 9.85. The Labute approximate surface area is 116 Å². The Morgan fingerprint density at radius 3 is 2.44 bits per heavy atom. The van der Waals surface area contributed by atoms with Crippen LogP contribution in [0.4, 0.5) is 0 Å². The van der Waals surface area contributed by atoms with Crippen molar-refractivity contribution in [1.82, 2.24) is 0 Å². The fourth-order valence-electron chi connectivity index (χ4n) is 2.29. The minimum absolute atomic E-state index is 0.154. The summed E-state index contributed by atoms with van der Waals surface area (Å²) >= 11 is 4.65. The Balaban J connectivity index is 2.33. The second-order valence-electron chi connectivity index (χ2n) is 6.21. The molecule has 0 N–H and O–H groups in total. The molecule has 0 heterocycles. The Morgan fingerprint density at radius 2 is 1.94 bits per heavy atom. The molecule has 1 aliphatic carbocycles. The molecule has 0 aromatic heterocycles. The van der Waals surface area contributed by atoms with Crippen LogP contribution >= 0.6 is 12.6 Å². The maximum atomic E-state index is 4.65. The molecule has 1 heteroatoms. The number of rotatable bonds is 1. The first-order chi connectivity index (χ1) is 8.38. The average Bonchev–Trinajstić information content (AvgIpc) is 2.28. The van der Waals surface area contributed by atoms with E-state index >= 15 is 0 Å². The van der Waals surface area contributed by atoms with Gasteiger partial charge in [-0.2, -0.15) is 0 Å². The number of allylic oxidation sites excluding steroid dienone is 4. The van der Waals surface area contributed by atoms with E-state index in [2.05, 4.69) is 76.8 Å². The van der Waals surface area contributed by atoms with Gasteiger partial charge in [-0.05, 0) is 40.5 Å². The molecule has 0 fully saturated rings. The van der Waals surface area contributed by atoms with Gasteiger partial charge in [0.25, 0.3) is 0 Å². The average molecular weight is 258 g/mol. The fourth-order valence-corrected chi connectivity index (χ4v) is 2.84. The molecule has 96 valence electrons. The zero-order valence-corrected chi connectivity index (χ0v) is 12.6. The molecule has 0 aliphatic heterocycles. The highest BCUT2D eigenvalue weighted by Gasteiger charge is 2.17. The van der Waals surface area contributed by atoms with E-state index < -0.39 is 0 Å². The van der Waals surface area contributed by atoms with E-state index in [1.54, 1.807) is 0 Å². The third-order valence-electron chi connectivity index (χ3n) is 3.45. The summed E-state index contributed by atoms with van der Waals surface area (Å²) in [6.07, 6.45) is 7.97. The van der Waals surface area contributed by atoms with Gasteiger partial charge >= 0.3 is 0 Å². The first-order valence-electron chi connectivity index (χ1n) is 6.60. The quantitative estimate of drug-likeness (QED) is 0.653. The van der Waals surface area contributed by atoms with E-state index in [1.807, 2.05) is 0 Å². The molecule has 0 nitrogen and oxygen atoms in total. The van der Waals surface area contributed by atoms with Gasteiger partial charge < -0.3 is 0 Å². The predicted molar refractivity (Wildman–Crippen MR) is 83.3 cm³/mol. The molecule has 0 amide bonds. The SMILES string of the molecule is CC1C=CC(c2ccc(C(C)(C)C)c(S)c2)=CC1. The number of hydrogen-bond acceptors (Lipinski definition) is 1. The smallest absolute Gasteiger partial charge is 0.00835 e. The first kappa shape index (κ1) is 13.5. The summed E-state index contributed by atoms with van der Waals surface area (Å²) < 4.78 is 0. The molecule has 1 aromatic rings.